The molecule has 1 saturated heterocycles. The second-order valence-electron chi connectivity index (χ2n) is 3.33. The SMILES string of the molecule is C=C(NC(C)C)[C@H]1CCCO1. The van der Waals surface area contributed by atoms with Crippen molar-refractivity contribution >= 4 is 0 Å². The van der Waals surface area contributed by atoms with Gasteiger partial charge in [-0.15, -0.1) is 0 Å². The van der Waals surface area contributed by atoms with Crippen LogP contribution >= 0.6 is 0 Å². The Balaban J connectivity index is 2.28. The largest absolute Gasteiger partial charge is 0.385 e. The topological polar surface area (TPSA) is 21.3 Å². The molecule has 1 heterocycles. The van der Waals surface area contributed by atoms with Gasteiger partial charge >= 0.3 is 0 Å². The fourth-order valence-corrected chi connectivity index (χ4v) is 1.32. The first-order chi connectivity index (χ1) is 5.20. The fraction of sp³-hybridized carbons (Fsp3) is 0.778. The predicted octanol–water partition coefficient (Wildman–Crippen LogP) is 1.68. The number of rotatable bonds is 3. The highest BCUT2D eigenvalue weighted by atomic mass is 16.5. The quantitative estimate of drug-likeness (QED) is 0.669. The van der Waals surface area contributed by atoms with Crippen LogP contribution in [0.15, 0.2) is 12.3 Å². The lowest BCUT2D eigenvalue weighted by Crippen LogP contribution is -2.28. The van der Waals surface area contributed by atoms with Crippen molar-refractivity contribution in [1.29, 1.82) is 0 Å². The molecule has 0 aromatic heterocycles. The van der Waals surface area contributed by atoms with Gasteiger partial charge in [0, 0.05) is 18.3 Å². The smallest absolute Gasteiger partial charge is 0.0964 e. The maximum absolute atomic E-state index is 5.45. The summed E-state index contributed by atoms with van der Waals surface area (Å²) in [6.07, 6.45) is 2.56. The molecule has 0 unspecified atom stereocenters. The van der Waals surface area contributed by atoms with E-state index in [-0.39, 0.29) is 6.10 Å². The third-order valence-corrected chi connectivity index (χ3v) is 1.79. The van der Waals surface area contributed by atoms with Crippen LogP contribution in [0.3, 0.4) is 0 Å². The Bertz CT molecular complexity index is 136. The van der Waals surface area contributed by atoms with Gasteiger partial charge in [0.05, 0.1) is 6.10 Å². The van der Waals surface area contributed by atoms with Gasteiger partial charge in [-0.05, 0) is 26.7 Å². The molecule has 0 aromatic carbocycles. The maximum Gasteiger partial charge on any atom is 0.0964 e. The molecule has 2 nitrogen and oxygen atoms in total. The molecule has 1 fully saturated rings. The third kappa shape index (κ3) is 2.54. The van der Waals surface area contributed by atoms with E-state index in [4.69, 9.17) is 4.74 Å². The second kappa shape index (κ2) is 3.77. The van der Waals surface area contributed by atoms with E-state index in [0.717, 1.165) is 18.7 Å². The first-order valence-corrected chi connectivity index (χ1v) is 4.27. The van der Waals surface area contributed by atoms with Crippen molar-refractivity contribution in [3.8, 4) is 0 Å². The fourth-order valence-electron chi connectivity index (χ4n) is 1.32. The molecule has 1 N–H and O–H groups in total. The standard InChI is InChI=1S/C9H17NO/c1-7(2)10-8(3)9-5-4-6-11-9/h7,9-10H,3-6H2,1-2H3/t9-/m1/s1. The zero-order valence-electron chi connectivity index (χ0n) is 7.39. The molecule has 64 valence electrons. The molecule has 0 bridgehead atoms. The van der Waals surface area contributed by atoms with E-state index < -0.39 is 0 Å². The number of ether oxygens (including phenoxy) is 1. The summed E-state index contributed by atoms with van der Waals surface area (Å²) in [5, 5.41) is 3.27. The van der Waals surface area contributed by atoms with Crippen LogP contribution in [0, 0.1) is 0 Å². The second-order valence-corrected chi connectivity index (χ2v) is 3.33. The zero-order valence-corrected chi connectivity index (χ0v) is 7.39. The van der Waals surface area contributed by atoms with Gasteiger partial charge in [0.2, 0.25) is 0 Å². The van der Waals surface area contributed by atoms with E-state index in [9.17, 15) is 0 Å². The summed E-state index contributed by atoms with van der Waals surface area (Å²) in [5.74, 6) is 0. The molecule has 0 aliphatic carbocycles. The lowest BCUT2D eigenvalue weighted by Gasteiger charge is -2.17. The Kier molecular flexibility index (Phi) is 2.94. The minimum atomic E-state index is 0.261. The number of hydrogen-bond acceptors (Lipinski definition) is 2. The summed E-state index contributed by atoms with van der Waals surface area (Å²) < 4.78 is 5.45. The van der Waals surface area contributed by atoms with Crippen LogP contribution in [0.1, 0.15) is 26.7 Å². The van der Waals surface area contributed by atoms with E-state index in [1.165, 1.54) is 6.42 Å². The van der Waals surface area contributed by atoms with Crippen molar-refractivity contribution in [2.75, 3.05) is 6.61 Å². The average Bonchev–Trinajstić information content (AvgIpc) is 2.35. The summed E-state index contributed by atoms with van der Waals surface area (Å²) in [5.41, 5.74) is 1.04. The van der Waals surface area contributed by atoms with Gasteiger partial charge in [0.1, 0.15) is 0 Å². The van der Waals surface area contributed by atoms with Crippen molar-refractivity contribution in [3.63, 3.8) is 0 Å². The van der Waals surface area contributed by atoms with Gasteiger partial charge in [0.15, 0.2) is 0 Å². The summed E-state index contributed by atoms with van der Waals surface area (Å²) in [6.45, 7) is 9.06. The molecule has 0 aromatic rings. The van der Waals surface area contributed by atoms with Gasteiger partial charge in [-0.1, -0.05) is 6.58 Å². The van der Waals surface area contributed by atoms with Crippen molar-refractivity contribution < 1.29 is 4.74 Å². The summed E-state index contributed by atoms with van der Waals surface area (Å²) in [7, 11) is 0. The van der Waals surface area contributed by atoms with Crippen LogP contribution in [0.25, 0.3) is 0 Å². The van der Waals surface area contributed by atoms with Crippen LogP contribution in [0.2, 0.25) is 0 Å². The first-order valence-electron chi connectivity index (χ1n) is 4.27. The monoisotopic (exact) mass is 155 g/mol. The molecule has 1 atom stereocenters. The van der Waals surface area contributed by atoms with E-state index >= 15 is 0 Å². The maximum atomic E-state index is 5.45. The number of nitrogens with one attached hydrogen (secondary N) is 1. The summed E-state index contributed by atoms with van der Waals surface area (Å²) in [6, 6.07) is 0.465. The van der Waals surface area contributed by atoms with E-state index in [2.05, 4.69) is 25.7 Å². The Morgan fingerprint density at radius 2 is 2.36 bits per heavy atom. The normalized spacial score (nSPS) is 24.1. The molecule has 0 saturated carbocycles. The Labute approximate surface area is 68.6 Å². The van der Waals surface area contributed by atoms with Crippen molar-refractivity contribution in [2.24, 2.45) is 0 Å². The zero-order chi connectivity index (χ0) is 8.27. The molecule has 2 heteroatoms. The van der Waals surface area contributed by atoms with Crippen LogP contribution in [-0.4, -0.2) is 18.8 Å². The molecule has 11 heavy (non-hydrogen) atoms. The van der Waals surface area contributed by atoms with Gasteiger partial charge in [-0.25, -0.2) is 0 Å². The predicted molar refractivity (Wildman–Crippen MR) is 46.4 cm³/mol. The summed E-state index contributed by atoms with van der Waals surface area (Å²) >= 11 is 0. The Hall–Kier alpha value is -0.500. The molecule has 1 aliphatic heterocycles. The van der Waals surface area contributed by atoms with Crippen LogP contribution in [0.4, 0.5) is 0 Å². The molecule has 0 spiro atoms. The highest BCUT2D eigenvalue weighted by Gasteiger charge is 2.18. The Morgan fingerprint density at radius 1 is 1.64 bits per heavy atom. The van der Waals surface area contributed by atoms with Gasteiger partial charge in [-0.3, -0.25) is 0 Å². The van der Waals surface area contributed by atoms with Crippen molar-refractivity contribution in [2.45, 2.75) is 38.8 Å². The molecule has 1 rings (SSSR count). The van der Waals surface area contributed by atoms with Crippen LogP contribution < -0.4 is 5.32 Å². The Morgan fingerprint density at radius 3 is 2.82 bits per heavy atom. The van der Waals surface area contributed by atoms with Crippen LogP contribution in [-0.2, 0) is 4.74 Å². The third-order valence-electron chi connectivity index (χ3n) is 1.79. The van der Waals surface area contributed by atoms with E-state index in [0.29, 0.717) is 6.04 Å². The molecular weight excluding hydrogens is 138 g/mol. The highest BCUT2D eigenvalue weighted by molar-refractivity contribution is 5.02. The summed E-state index contributed by atoms with van der Waals surface area (Å²) in [4.78, 5) is 0. The van der Waals surface area contributed by atoms with Crippen molar-refractivity contribution in [1.82, 2.24) is 5.32 Å². The highest BCUT2D eigenvalue weighted by Crippen LogP contribution is 2.16. The number of hydrogen-bond donors (Lipinski definition) is 1. The van der Waals surface area contributed by atoms with E-state index in [1.54, 1.807) is 0 Å². The lowest BCUT2D eigenvalue weighted by atomic mass is 10.2. The average molecular weight is 155 g/mol. The van der Waals surface area contributed by atoms with Gasteiger partial charge in [-0.2, -0.15) is 0 Å². The molecule has 1 aliphatic rings. The van der Waals surface area contributed by atoms with Gasteiger partial charge in [0.25, 0.3) is 0 Å². The van der Waals surface area contributed by atoms with Gasteiger partial charge < -0.3 is 10.1 Å². The minimum absolute atomic E-state index is 0.261. The lowest BCUT2D eigenvalue weighted by molar-refractivity contribution is 0.131. The minimum Gasteiger partial charge on any atom is -0.385 e. The van der Waals surface area contributed by atoms with E-state index in [1.807, 2.05) is 0 Å². The first kappa shape index (κ1) is 8.60. The molecule has 0 radical (unpaired) electrons. The van der Waals surface area contributed by atoms with Crippen molar-refractivity contribution in [3.05, 3.63) is 12.3 Å². The molecular formula is C9H17NO. The molecule has 0 amide bonds. The van der Waals surface area contributed by atoms with Crippen LogP contribution in [0.5, 0.6) is 0 Å².